The SMILES string of the molecule is C=CCCCCCCCCCC.F. The summed E-state index contributed by atoms with van der Waals surface area (Å²) < 4.78 is 0. The second-order valence-electron chi connectivity index (χ2n) is 3.55. The van der Waals surface area contributed by atoms with Crippen molar-refractivity contribution >= 4 is 0 Å². The zero-order chi connectivity index (χ0) is 9.07. The molecule has 0 amide bonds. The number of halogens is 1. The van der Waals surface area contributed by atoms with Gasteiger partial charge >= 0.3 is 0 Å². The van der Waals surface area contributed by atoms with Crippen LogP contribution in [0.2, 0.25) is 0 Å². The highest BCUT2D eigenvalue weighted by atomic mass is 19.0. The molecule has 0 heterocycles. The van der Waals surface area contributed by atoms with Gasteiger partial charge in [-0.15, -0.1) is 6.58 Å². The van der Waals surface area contributed by atoms with Crippen molar-refractivity contribution in [2.24, 2.45) is 0 Å². The van der Waals surface area contributed by atoms with E-state index >= 15 is 0 Å². The van der Waals surface area contributed by atoms with Gasteiger partial charge in [0, 0.05) is 0 Å². The molecule has 0 aromatic carbocycles. The fraction of sp³-hybridized carbons (Fsp3) is 0.833. The number of hydrogen-bond acceptors (Lipinski definition) is 0. The highest BCUT2D eigenvalue weighted by Gasteiger charge is 1.89. The topological polar surface area (TPSA) is 0 Å². The Labute approximate surface area is 82.8 Å². The molecule has 0 N–H and O–H groups in total. The molecule has 0 fully saturated rings. The largest absolute Gasteiger partial charge is 0.269 e. The minimum absolute atomic E-state index is 0. The third-order valence-electron chi connectivity index (χ3n) is 2.26. The molecule has 0 aliphatic rings. The summed E-state index contributed by atoms with van der Waals surface area (Å²) in [5.41, 5.74) is 0. The highest BCUT2D eigenvalue weighted by molar-refractivity contribution is 4.65. The van der Waals surface area contributed by atoms with Crippen molar-refractivity contribution < 1.29 is 4.70 Å². The molecule has 0 aromatic rings. The Morgan fingerprint density at radius 3 is 1.77 bits per heavy atom. The molecule has 0 rings (SSSR count). The van der Waals surface area contributed by atoms with E-state index in [9.17, 15) is 0 Å². The van der Waals surface area contributed by atoms with Crippen LogP contribution in [0.3, 0.4) is 0 Å². The zero-order valence-electron chi connectivity index (χ0n) is 9.06. The molecule has 0 radical (unpaired) electrons. The minimum Gasteiger partial charge on any atom is -0.269 e. The smallest absolute Gasteiger partial charge is 0.0353 e. The van der Waals surface area contributed by atoms with Crippen LogP contribution in [-0.4, -0.2) is 0 Å². The maximum atomic E-state index is 3.72. The van der Waals surface area contributed by atoms with E-state index in [1.807, 2.05) is 6.08 Å². The maximum Gasteiger partial charge on any atom is -0.0353 e. The predicted octanol–water partition coefficient (Wildman–Crippen LogP) is 4.86. The van der Waals surface area contributed by atoms with Crippen LogP contribution in [0.5, 0.6) is 0 Å². The summed E-state index contributed by atoms with van der Waals surface area (Å²) in [6.45, 7) is 5.99. The Hall–Kier alpha value is -0.330. The van der Waals surface area contributed by atoms with Crippen LogP contribution in [0.15, 0.2) is 12.7 Å². The maximum absolute atomic E-state index is 3.72. The first kappa shape index (κ1) is 15.2. The number of hydrogen-bond donors (Lipinski definition) is 0. The molecule has 0 aromatic heterocycles. The summed E-state index contributed by atoms with van der Waals surface area (Å²) in [6, 6.07) is 0. The van der Waals surface area contributed by atoms with Gasteiger partial charge in [0.05, 0.1) is 0 Å². The van der Waals surface area contributed by atoms with Crippen molar-refractivity contribution in [3.05, 3.63) is 12.7 Å². The van der Waals surface area contributed by atoms with E-state index in [0.29, 0.717) is 0 Å². The number of rotatable bonds is 9. The molecule has 80 valence electrons. The van der Waals surface area contributed by atoms with E-state index in [0.717, 1.165) is 0 Å². The van der Waals surface area contributed by atoms with Gasteiger partial charge < -0.3 is 0 Å². The molecule has 0 atom stereocenters. The molecule has 0 aliphatic heterocycles. The molecular weight excluding hydrogens is 163 g/mol. The molecule has 0 saturated carbocycles. The molecular formula is C12H25F. The second-order valence-corrected chi connectivity index (χ2v) is 3.55. The van der Waals surface area contributed by atoms with Gasteiger partial charge in [-0.1, -0.05) is 57.9 Å². The van der Waals surface area contributed by atoms with Gasteiger partial charge in [-0.2, -0.15) is 0 Å². The summed E-state index contributed by atoms with van der Waals surface area (Å²) in [4.78, 5) is 0. The molecule has 1 heteroatoms. The first-order valence-electron chi connectivity index (χ1n) is 5.52. The minimum atomic E-state index is 0. The second kappa shape index (κ2) is 14.2. The van der Waals surface area contributed by atoms with E-state index in [2.05, 4.69) is 13.5 Å². The van der Waals surface area contributed by atoms with Crippen LogP contribution in [0.4, 0.5) is 4.70 Å². The Bertz CT molecular complexity index is 89.1. The Morgan fingerprint density at radius 2 is 1.31 bits per heavy atom. The molecule has 13 heavy (non-hydrogen) atoms. The van der Waals surface area contributed by atoms with Crippen molar-refractivity contribution in [3.8, 4) is 0 Å². The van der Waals surface area contributed by atoms with Crippen LogP contribution in [-0.2, 0) is 0 Å². The molecule has 0 aliphatic carbocycles. The van der Waals surface area contributed by atoms with Gasteiger partial charge in [-0.25, -0.2) is 0 Å². The van der Waals surface area contributed by atoms with E-state index < -0.39 is 0 Å². The quantitative estimate of drug-likeness (QED) is 0.358. The number of allylic oxidation sites excluding steroid dienone is 1. The van der Waals surface area contributed by atoms with Gasteiger partial charge in [0.15, 0.2) is 0 Å². The van der Waals surface area contributed by atoms with Crippen LogP contribution in [0.25, 0.3) is 0 Å². The standard InChI is InChI=1S/C12H24.FH/c1-3-5-7-9-11-12-10-8-6-4-2;/h3H,1,4-12H2,2H3;1H. The summed E-state index contributed by atoms with van der Waals surface area (Å²) in [5.74, 6) is 0. The number of unbranched alkanes of at least 4 members (excludes halogenated alkanes) is 8. The van der Waals surface area contributed by atoms with Crippen LogP contribution in [0, 0.1) is 0 Å². The third-order valence-corrected chi connectivity index (χ3v) is 2.26. The van der Waals surface area contributed by atoms with Gasteiger partial charge in [0.2, 0.25) is 0 Å². The first-order chi connectivity index (χ1) is 5.91. The van der Waals surface area contributed by atoms with Crippen molar-refractivity contribution in [1.82, 2.24) is 0 Å². The third kappa shape index (κ3) is 14.5. The fourth-order valence-corrected chi connectivity index (χ4v) is 1.42. The van der Waals surface area contributed by atoms with E-state index in [1.165, 1.54) is 57.8 Å². The van der Waals surface area contributed by atoms with Gasteiger partial charge in [0.25, 0.3) is 0 Å². The zero-order valence-corrected chi connectivity index (χ0v) is 9.06. The molecule has 0 nitrogen and oxygen atoms in total. The molecule has 0 bridgehead atoms. The van der Waals surface area contributed by atoms with Crippen LogP contribution < -0.4 is 0 Å². The Kier molecular flexibility index (Phi) is 16.6. The van der Waals surface area contributed by atoms with Crippen LogP contribution in [0.1, 0.15) is 64.7 Å². The molecule has 0 unspecified atom stereocenters. The Morgan fingerprint density at radius 1 is 0.846 bits per heavy atom. The van der Waals surface area contributed by atoms with Gasteiger partial charge in [-0.3, -0.25) is 4.70 Å². The average Bonchev–Trinajstić information content (AvgIpc) is 2.10. The highest BCUT2D eigenvalue weighted by Crippen LogP contribution is 2.09. The lowest BCUT2D eigenvalue weighted by molar-refractivity contribution is 0.578. The van der Waals surface area contributed by atoms with Crippen molar-refractivity contribution in [2.45, 2.75) is 64.7 Å². The summed E-state index contributed by atoms with van der Waals surface area (Å²) in [5, 5.41) is 0. The van der Waals surface area contributed by atoms with Crippen molar-refractivity contribution in [3.63, 3.8) is 0 Å². The summed E-state index contributed by atoms with van der Waals surface area (Å²) >= 11 is 0. The Balaban J connectivity index is 0. The monoisotopic (exact) mass is 188 g/mol. The summed E-state index contributed by atoms with van der Waals surface area (Å²) in [7, 11) is 0. The lowest BCUT2D eigenvalue weighted by Gasteiger charge is -1.99. The lowest BCUT2D eigenvalue weighted by Crippen LogP contribution is -1.79. The van der Waals surface area contributed by atoms with E-state index in [-0.39, 0.29) is 4.70 Å². The summed E-state index contributed by atoms with van der Waals surface area (Å²) in [6.07, 6.45) is 14.5. The van der Waals surface area contributed by atoms with Crippen molar-refractivity contribution in [1.29, 1.82) is 0 Å². The van der Waals surface area contributed by atoms with E-state index in [1.54, 1.807) is 0 Å². The molecule has 0 spiro atoms. The molecule has 0 saturated heterocycles. The van der Waals surface area contributed by atoms with E-state index in [4.69, 9.17) is 0 Å². The van der Waals surface area contributed by atoms with Crippen LogP contribution >= 0.6 is 0 Å². The van der Waals surface area contributed by atoms with Gasteiger partial charge in [0.1, 0.15) is 0 Å². The average molecular weight is 188 g/mol. The van der Waals surface area contributed by atoms with Gasteiger partial charge in [-0.05, 0) is 12.8 Å². The predicted molar refractivity (Wildman–Crippen MR) is 59.9 cm³/mol. The van der Waals surface area contributed by atoms with Crippen molar-refractivity contribution in [2.75, 3.05) is 0 Å². The lowest BCUT2D eigenvalue weighted by atomic mass is 10.1. The normalized spacial score (nSPS) is 9.31. The first-order valence-corrected chi connectivity index (χ1v) is 5.52. The fourth-order valence-electron chi connectivity index (χ4n) is 1.42.